The first kappa shape index (κ1) is 17.8. The summed E-state index contributed by atoms with van der Waals surface area (Å²) in [6.07, 6.45) is 3.23. The van der Waals surface area contributed by atoms with E-state index in [-0.39, 0.29) is 22.4 Å². The van der Waals surface area contributed by atoms with Gasteiger partial charge in [-0.1, -0.05) is 12.1 Å². The lowest BCUT2D eigenvalue weighted by Crippen LogP contribution is -2.02. The fourth-order valence-corrected chi connectivity index (χ4v) is 3.11. The number of ether oxygens (including phenoxy) is 1. The molecule has 4 aromatic rings. The SMILES string of the molecule is CNc1nc(-c2cccnc2)nc2c(F)c(-c3c(F)cccc3OC)ccc12. The number of rotatable bonds is 4. The first-order valence-electron chi connectivity index (χ1n) is 8.55. The van der Waals surface area contributed by atoms with Crippen LogP contribution in [0.25, 0.3) is 33.4 Å². The van der Waals surface area contributed by atoms with Crippen molar-refractivity contribution in [2.24, 2.45) is 0 Å². The summed E-state index contributed by atoms with van der Waals surface area (Å²) in [5.41, 5.74) is 0.854. The van der Waals surface area contributed by atoms with Gasteiger partial charge in [0, 0.05) is 36.0 Å². The highest BCUT2D eigenvalue weighted by molar-refractivity contribution is 5.94. The second-order valence-electron chi connectivity index (χ2n) is 6.03. The van der Waals surface area contributed by atoms with Crippen LogP contribution in [0.3, 0.4) is 0 Å². The second-order valence-corrected chi connectivity index (χ2v) is 6.03. The Balaban J connectivity index is 2.02. The molecule has 2 aromatic carbocycles. The highest BCUT2D eigenvalue weighted by Gasteiger charge is 2.20. The minimum atomic E-state index is -0.648. The van der Waals surface area contributed by atoms with Gasteiger partial charge in [-0.25, -0.2) is 18.7 Å². The number of pyridine rings is 1. The van der Waals surface area contributed by atoms with Crippen molar-refractivity contribution in [1.82, 2.24) is 15.0 Å². The topological polar surface area (TPSA) is 59.9 Å². The van der Waals surface area contributed by atoms with Crippen molar-refractivity contribution in [3.8, 4) is 28.3 Å². The minimum Gasteiger partial charge on any atom is -0.496 e. The molecule has 0 bridgehead atoms. The van der Waals surface area contributed by atoms with E-state index in [0.29, 0.717) is 22.6 Å². The fourth-order valence-electron chi connectivity index (χ4n) is 3.11. The number of methoxy groups -OCH3 is 1. The highest BCUT2D eigenvalue weighted by atomic mass is 19.1. The monoisotopic (exact) mass is 378 g/mol. The summed E-state index contributed by atoms with van der Waals surface area (Å²) < 4.78 is 35.2. The number of fused-ring (bicyclic) bond motifs is 1. The second kappa shape index (κ2) is 7.19. The summed E-state index contributed by atoms with van der Waals surface area (Å²) in [6, 6.07) is 11.1. The molecule has 0 saturated heterocycles. The quantitative estimate of drug-likeness (QED) is 0.558. The number of hydrogen-bond acceptors (Lipinski definition) is 5. The van der Waals surface area contributed by atoms with Gasteiger partial charge in [0.2, 0.25) is 0 Å². The summed E-state index contributed by atoms with van der Waals surface area (Å²) in [5, 5.41) is 3.46. The molecule has 4 rings (SSSR count). The van der Waals surface area contributed by atoms with Crippen LogP contribution in [0.1, 0.15) is 0 Å². The number of hydrogen-bond donors (Lipinski definition) is 1. The molecule has 0 aliphatic carbocycles. The molecule has 140 valence electrons. The predicted molar refractivity (Wildman–Crippen MR) is 104 cm³/mol. The molecule has 2 heterocycles. The first-order chi connectivity index (χ1) is 13.6. The fraction of sp³-hybridized carbons (Fsp3) is 0.0952. The van der Waals surface area contributed by atoms with Gasteiger partial charge in [-0.3, -0.25) is 4.98 Å². The van der Waals surface area contributed by atoms with Crippen molar-refractivity contribution in [2.45, 2.75) is 0 Å². The zero-order chi connectivity index (χ0) is 19.7. The molecule has 2 aromatic heterocycles. The Morgan fingerprint density at radius 2 is 1.86 bits per heavy atom. The molecule has 0 unspecified atom stereocenters. The van der Waals surface area contributed by atoms with Gasteiger partial charge in [0.25, 0.3) is 0 Å². The van der Waals surface area contributed by atoms with Crippen LogP contribution in [0.15, 0.2) is 54.9 Å². The first-order valence-corrected chi connectivity index (χ1v) is 8.55. The minimum absolute atomic E-state index is 0.0527. The number of benzene rings is 2. The number of halogens is 2. The van der Waals surface area contributed by atoms with Gasteiger partial charge in [-0.05, 0) is 30.3 Å². The Bertz CT molecular complexity index is 1170. The molecule has 7 heteroatoms. The zero-order valence-electron chi connectivity index (χ0n) is 15.2. The van der Waals surface area contributed by atoms with Gasteiger partial charge in [0.1, 0.15) is 22.9 Å². The molecular formula is C21H16F2N4O. The van der Waals surface area contributed by atoms with E-state index in [4.69, 9.17) is 4.74 Å². The molecule has 0 aliphatic heterocycles. The molecule has 0 fully saturated rings. The zero-order valence-corrected chi connectivity index (χ0v) is 15.2. The standard InChI is InChI=1S/C21H16F2N4O/c1-24-21-14-9-8-13(17-15(22)6-3-7-16(17)28-2)18(23)19(14)26-20(27-21)12-5-4-10-25-11-12/h3-11H,1-2H3,(H,24,26,27). The lowest BCUT2D eigenvalue weighted by atomic mass is 10.0. The molecule has 0 aliphatic rings. The van der Waals surface area contributed by atoms with E-state index in [9.17, 15) is 4.39 Å². The molecule has 0 amide bonds. The Morgan fingerprint density at radius 3 is 2.57 bits per heavy atom. The van der Waals surface area contributed by atoms with Crippen molar-refractivity contribution in [3.63, 3.8) is 0 Å². The van der Waals surface area contributed by atoms with E-state index >= 15 is 4.39 Å². The number of aromatic nitrogens is 3. The molecule has 28 heavy (non-hydrogen) atoms. The maximum absolute atomic E-state index is 15.5. The van der Waals surface area contributed by atoms with Crippen LogP contribution in [-0.2, 0) is 0 Å². The van der Waals surface area contributed by atoms with Crippen molar-refractivity contribution >= 4 is 16.7 Å². The highest BCUT2D eigenvalue weighted by Crippen LogP contribution is 2.37. The lowest BCUT2D eigenvalue weighted by molar-refractivity contribution is 0.413. The van der Waals surface area contributed by atoms with E-state index in [2.05, 4.69) is 20.3 Å². The van der Waals surface area contributed by atoms with E-state index < -0.39 is 11.6 Å². The van der Waals surface area contributed by atoms with Gasteiger partial charge in [-0.15, -0.1) is 0 Å². The molecule has 5 nitrogen and oxygen atoms in total. The summed E-state index contributed by atoms with van der Waals surface area (Å²) in [7, 11) is 3.11. The van der Waals surface area contributed by atoms with Crippen LogP contribution in [0, 0.1) is 11.6 Å². The van der Waals surface area contributed by atoms with E-state index in [1.807, 2.05) is 0 Å². The predicted octanol–water partition coefficient (Wildman–Crippen LogP) is 4.69. The van der Waals surface area contributed by atoms with Crippen molar-refractivity contribution < 1.29 is 13.5 Å². The van der Waals surface area contributed by atoms with Gasteiger partial charge in [0.15, 0.2) is 11.6 Å². The summed E-state index contributed by atoms with van der Waals surface area (Å²) in [6.45, 7) is 0. The van der Waals surface area contributed by atoms with Crippen molar-refractivity contribution in [2.75, 3.05) is 19.5 Å². The van der Waals surface area contributed by atoms with E-state index in [0.717, 1.165) is 0 Å². The molecule has 0 saturated carbocycles. The molecular weight excluding hydrogens is 362 g/mol. The number of nitrogens with zero attached hydrogens (tertiary/aromatic N) is 3. The van der Waals surface area contributed by atoms with Crippen LogP contribution in [-0.4, -0.2) is 29.1 Å². The van der Waals surface area contributed by atoms with E-state index in [1.54, 1.807) is 43.7 Å². The van der Waals surface area contributed by atoms with Gasteiger partial charge >= 0.3 is 0 Å². The van der Waals surface area contributed by atoms with Crippen molar-refractivity contribution in [3.05, 3.63) is 66.5 Å². The lowest BCUT2D eigenvalue weighted by Gasteiger charge is -2.13. The molecule has 0 radical (unpaired) electrons. The van der Waals surface area contributed by atoms with Crippen LogP contribution in [0.2, 0.25) is 0 Å². The van der Waals surface area contributed by atoms with Crippen LogP contribution < -0.4 is 10.1 Å². The Labute approximate surface area is 160 Å². The third-order valence-electron chi connectivity index (χ3n) is 4.43. The maximum Gasteiger partial charge on any atom is 0.163 e. The molecule has 0 spiro atoms. The summed E-state index contributed by atoms with van der Waals surface area (Å²) in [5.74, 6) is -0.192. The number of nitrogens with one attached hydrogen (secondary N) is 1. The Hall–Kier alpha value is -3.61. The van der Waals surface area contributed by atoms with Crippen LogP contribution in [0.4, 0.5) is 14.6 Å². The summed E-state index contributed by atoms with van der Waals surface area (Å²) >= 11 is 0. The summed E-state index contributed by atoms with van der Waals surface area (Å²) in [4.78, 5) is 12.9. The largest absolute Gasteiger partial charge is 0.496 e. The molecule has 0 atom stereocenters. The van der Waals surface area contributed by atoms with Crippen LogP contribution in [0.5, 0.6) is 5.75 Å². The van der Waals surface area contributed by atoms with Gasteiger partial charge in [0.05, 0.1) is 12.7 Å². The van der Waals surface area contributed by atoms with Gasteiger partial charge in [-0.2, -0.15) is 0 Å². The molecule has 1 N–H and O–H groups in total. The smallest absolute Gasteiger partial charge is 0.163 e. The normalized spacial score (nSPS) is 10.9. The average Bonchev–Trinajstić information content (AvgIpc) is 2.74. The van der Waals surface area contributed by atoms with Crippen LogP contribution >= 0.6 is 0 Å². The Morgan fingerprint density at radius 1 is 1.00 bits per heavy atom. The average molecular weight is 378 g/mol. The Kier molecular flexibility index (Phi) is 4.57. The van der Waals surface area contributed by atoms with E-state index in [1.165, 1.54) is 25.3 Å². The third kappa shape index (κ3) is 2.90. The van der Waals surface area contributed by atoms with Gasteiger partial charge < -0.3 is 10.1 Å². The third-order valence-corrected chi connectivity index (χ3v) is 4.43. The number of anilines is 1. The van der Waals surface area contributed by atoms with Crippen molar-refractivity contribution in [1.29, 1.82) is 0 Å². The maximum atomic E-state index is 15.5.